The molecule has 5 unspecified atom stereocenters. The molecule has 0 saturated heterocycles. The third-order valence-corrected chi connectivity index (χ3v) is 11.1. The van der Waals surface area contributed by atoms with E-state index in [0.717, 1.165) is 43.5 Å². The van der Waals surface area contributed by atoms with E-state index in [1.54, 1.807) is 6.07 Å². The Balaban J connectivity index is 1.02. The van der Waals surface area contributed by atoms with E-state index in [4.69, 9.17) is 15.5 Å². The van der Waals surface area contributed by atoms with Gasteiger partial charge in [-0.25, -0.2) is 0 Å². The first-order valence-electron chi connectivity index (χ1n) is 17.4. The fourth-order valence-corrected chi connectivity index (χ4v) is 8.90. The molecule has 1 saturated carbocycles. The smallest absolute Gasteiger partial charge is 0.163 e. The highest BCUT2D eigenvalue weighted by atomic mass is 16.5. The number of aromatic hydroxyl groups is 1. The normalized spacial score (nSPS) is 26.5. The number of benzene rings is 2. The van der Waals surface area contributed by atoms with Crippen LogP contribution in [-0.4, -0.2) is 52.5 Å². The quantitative estimate of drug-likeness (QED) is 0.205. The second-order valence-corrected chi connectivity index (χ2v) is 14.1. The maximum atomic E-state index is 12.5. The second kappa shape index (κ2) is 13.0. The van der Waals surface area contributed by atoms with E-state index < -0.39 is 6.10 Å². The maximum absolute atomic E-state index is 12.5. The first-order chi connectivity index (χ1) is 22.4. The topological polar surface area (TPSA) is 120 Å². The lowest BCUT2D eigenvalue weighted by atomic mass is 9.56. The van der Waals surface area contributed by atoms with Crippen molar-refractivity contribution in [3.63, 3.8) is 0 Å². The summed E-state index contributed by atoms with van der Waals surface area (Å²) in [6.07, 6.45) is 13.3. The summed E-state index contributed by atoms with van der Waals surface area (Å²) >= 11 is 0. The molecule has 0 spiro atoms. The molecule has 0 amide bonds. The first kappa shape index (κ1) is 31.2. The van der Waals surface area contributed by atoms with Crippen LogP contribution in [0.3, 0.4) is 0 Å². The molecule has 0 aromatic heterocycles. The number of ketones is 1. The lowest BCUT2D eigenvalue weighted by Crippen LogP contribution is -2.46. The summed E-state index contributed by atoms with van der Waals surface area (Å²) in [4.78, 5) is 19.5. The van der Waals surface area contributed by atoms with E-state index in [2.05, 4.69) is 47.7 Å². The molecule has 3 heterocycles. The van der Waals surface area contributed by atoms with Crippen LogP contribution < -0.4 is 15.8 Å². The van der Waals surface area contributed by atoms with Crippen LogP contribution in [0.4, 0.5) is 0 Å². The van der Waals surface area contributed by atoms with Crippen molar-refractivity contribution in [2.45, 2.75) is 101 Å². The number of hydrogen-bond donors (Lipinski definition) is 4. The van der Waals surface area contributed by atoms with Gasteiger partial charge in [0, 0.05) is 42.8 Å². The third-order valence-electron chi connectivity index (χ3n) is 11.1. The van der Waals surface area contributed by atoms with Gasteiger partial charge in [-0.15, -0.1) is 0 Å². The monoisotopic (exact) mass is 624 g/mol. The van der Waals surface area contributed by atoms with Crippen molar-refractivity contribution < 1.29 is 19.7 Å². The van der Waals surface area contributed by atoms with Gasteiger partial charge in [0.15, 0.2) is 18.2 Å². The number of nitrogens with two attached hydrogens (primary N) is 1. The molecule has 0 bridgehead atoms. The number of fused-ring (bicyclic) bond motifs is 3. The molecule has 46 heavy (non-hydrogen) atoms. The molecule has 8 heteroatoms. The van der Waals surface area contributed by atoms with Crippen LogP contribution in [0.25, 0.3) is 0 Å². The molecule has 2 aliphatic carbocycles. The number of unbranched alkanes of at least 4 members (excludes halogenated alkanes) is 2. The molecular formula is C38H48N4O4. The van der Waals surface area contributed by atoms with E-state index in [1.807, 2.05) is 12.1 Å². The zero-order valence-electron chi connectivity index (χ0n) is 27.0. The molecule has 1 fully saturated rings. The van der Waals surface area contributed by atoms with Gasteiger partial charge in [-0.2, -0.15) is 0 Å². The van der Waals surface area contributed by atoms with Crippen LogP contribution in [0.5, 0.6) is 11.5 Å². The predicted molar refractivity (Wildman–Crippen MR) is 180 cm³/mol. The number of aliphatic imine (C=N–C) groups is 1. The largest absolute Gasteiger partial charge is 0.504 e. The molecule has 5 aliphatic rings. The molecule has 8 nitrogen and oxygen atoms in total. The zero-order valence-corrected chi connectivity index (χ0v) is 27.0. The molecule has 5 N–H and O–H groups in total. The summed E-state index contributed by atoms with van der Waals surface area (Å²) in [6.45, 7) is 4.02. The lowest BCUT2D eigenvalue weighted by molar-refractivity contribution is -0.121. The Morgan fingerprint density at radius 1 is 1.26 bits per heavy atom. The third kappa shape index (κ3) is 5.69. The molecule has 3 aliphatic heterocycles. The highest BCUT2D eigenvalue weighted by Crippen LogP contribution is 2.61. The van der Waals surface area contributed by atoms with E-state index >= 15 is 0 Å². The zero-order chi connectivity index (χ0) is 31.8. The number of allylic oxidation sites excluding steroid dienone is 1. The van der Waals surface area contributed by atoms with Crippen molar-refractivity contribution in [2.75, 3.05) is 19.8 Å². The fraction of sp³-hybridized carbons (Fsp3) is 0.526. The molecule has 2 aromatic carbocycles. The van der Waals surface area contributed by atoms with Crippen LogP contribution >= 0.6 is 0 Å². The summed E-state index contributed by atoms with van der Waals surface area (Å²) in [7, 11) is 0. The predicted octanol–water partition coefficient (Wildman–Crippen LogP) is 5.89. The Morgan fingerprint density at radius 2 is 2.15 bits per heavy atom. The Hall–Kier alpha value is -3.46. The van der Waals surface area contributed by atoms with Crippen molar-refractivity contribution in [2.24, 2.45) is 16.6 Å². The highest BCUT2D eigenvalue weighted by molar-refractivity contribution is 6.10. The maximum Gasteiger partial charge on any atom is 0.163 e. The Labute approximate surface area is 272 Å². The summed E-state index contributed by atoms with van der Waals surface area (Å²) < 4.78 is 6.15. The van der Waals surface area contributed by atoms with Crippen LogP contribution in [-0.2, 0) is 16.6 Å². The minimum absolute atomic E-state index is 0.0392. The van der Waals surface area contributed by atoms with E-state index in [1.165, 1.54) is 47.1 Å². The molecular weight excluding hydrogens is 576 g/mol. The lowest BCUT2D eigenvalue weighted by Gasteiger charge is -2.48. The van der Waals surface area contributed by atoms with Gasteiger partial charge in [-0.1, -0.05) is 56.9 Å². The minimum atomic E-state index is -0.561. The number of rotatable bonds is 13. The van der Waals surface area contributed by atoms with Crippen molar-refractivity contribution in [3.8, 4) is 11.5 Å². The molecule has 7 rings (SSSR count). The number of nitrogens with zero attached hydrogens (tertiary/aromatic N) is 2. The summed E-state index contributed by atoms with van der Waals surface area (Å²) in [5.74, 6) is 1.64. The van der Waals surface area contributed by atoms with Crippen LogP contribution in [0.15, 0.2) is 64.9 Å². The Bertz CT molecular complexity index is 1580. The van der Waals surface area contributed by atoms with Gasteiger partial charge >= 0.3 is 0 Å². The number of aliphatic hydroxyl groups is 1. The first-order valence-corrected chi connectivity index (χ1v) is 17.4. The second-order valence-electron chi connectivity index (χ2n) is 14.1. The van der Waals surface area contributed by atoms with Gasteiger partial charge in [-0.05, 0) is 83.9 Å². The number of nitrogens with one attached hydrogen (secondary N) is 1. The molecule has 0 radical (unpaired) electrons. The number of ether oxygens (including phenoxy) is 1. The van der Waals surface area contributed by atoms with Gasteiger partial charge < -0.3 is 25.6 Å². The SMILES string of the molecule is CCCCCC(O)CC(=O)CCc1ccc(O)c(OCN2C=C3C(C45CCCC4CC4CNC(N)c6cccc5c64)=CN=C3C2)c1. The summed E-state index contributed by atoms with van der Waals surface area (Å²) in [5.41, 5.74) is 15.3. The summed E-state index contributed by atoms with van der Waals surface area (Å²) in [6, 6.07) is 12.0. The van der Waals surface area contributed by atoms with Crippen LogP contribution in [0.2, 0.25) is 0 Å². The van der Waals surface area contributed by atoms with E-state index in [0.29, 0.717) is 43.4 Å². The van der Waals surface area contributed by atoms with Crippen molar-refractivity contribution in [1.29, 1.82) is 0 Å². The molecule has 244 valence electrons. The number of hydrogen-bond acceptors (Lipinski definition) is 8. The molecule has 2 aromatic rings. The minimum Gasteiger partial charge on any atom is -0.504 e. The number of aryl methyl sites for hydroxylation is 1. The van der Waals surface area contributed by atoms with Gasteiger partial charge in [0.25, 0.3) is 0 Å². The number of carbonyl (C=O) groups excluding carboxylic acids is 1. The van der Waals surface area contributed by atoms with Gasteiger partial charge in [-0.3, -0.25) is 15.1 Å². The van der Waals surface area contributed by atoms with Crippen LogP contribution in [0.1, 0.15) is 105 Å². The van der Waals surface area contributed by atoms with Crippen molar-refractivity contribution in [3.05, 3.63) is 82.2 Å². The average molecular weight is 625 g/mol. The fourth-order valence-electron chi connectivity index (χ4n) is 8.90. The molecule has 5 atom stereocenters. The van der Waals surface area contributed by atoms with Crippen molar-refractivity contribution >= 4 is 11.5 Å². The average Bonchev–Trinajstić information content (AvgIpc) is 3.77. The number of Topliss-reactive ketones (excluding diaryl/α,β-unsaturated/α-hetero) is 1. The van der Waals surface area contributed by atoms with E-state index in [-0.39, 0.29) is 36.3 Å². The number of phenolic OH excluding ortho intramolecular Hbond substituents is 1. The Morgan fingerprint density at radius 3 is 3.02 bits per heavy atom. The van der Waals surface area contributed by atoms with Crippen LogP contribution in [0, 0.1) is 5.92 Å². The standard InChI is InChI=1S/C38H48N4O4/c1-2-3-4-8-27(43)18-28(44)13-11-24-12-14-34(45)35(16-24)46-23-42-21-30-32(20-40-33(30)22-42)38-15-6-7-26(38)17-25-19-41-37(39)29-9-5-10-31(38)36(25)29/h5,9-10,12,14,16,20-21,25-27,37,41,43,45H,2-4,6-8,11,13,15,17-19,22-23,39H2,1H3. The van der Waals surface area contributed by atoms with Gasteiger partial charge in [0.05, 0.1) is 24.5 Å². The number of carbonyl (C=O) groups is 1. The number of aliphatic hydroxyl groups excluding tert-OH is 1. The van der Waals surface area contributed by atoms with E-state index in [9.17, 15) is 15.0 Å². The Kier molecular flexibility index (Phi) is 8.79. The van der Waals surface area contributed by atoms with Crippen molar-refractivity contribution in [1.82, 2.24) is 10.2 Å². The van der Waals surface area contributed by atoms with Gasteiger partial charge in [0.2, 0.25) is 0 Å². The van der Waals surface area contributed by atoms with Gasteiger partial charge in [0.1, 0.15) is 5.78 Å². The highest BCUT2D eigenvalue weighted by Gasteiger charge is 2.55. The number of phenols is 1. The summed E-state index contributed by atoms with van der Waals surface area (Å²) in [5, 5.41) is 24.3.